The van der Waals surface area contributed by atoms with Crippen LogP contribution in [0.5, 0.6) is 5.75 Å². The topological polar surface area (TPSA) is 135 Å². The summed E-state index contributed by atoms with van der Waals surface area (Å²) in [6, 6.07) is 27.1. The number of hydrogen-bond donors (Lipinski definition) is 3. The number of carbonyl (C=O) groups excluding carboxylic acids is 4. The molecule has 2 heterocycles. The maximum atomic E-state index is 15.3. The molecule has 11 heteroatoms. The first kappa shape index (κ1) is 32.2. The van der Waals surface area contributed by atoms with Crippen LogP contribution >= 0.6 is 11.6 Å². The van der Waals surface area contributed by atoms with Crippen molar-refractivity contribution in [2.24, 2.45) is 23.7 Å². The Morgan fingerprint density at radius 2 is 1.48 bits per heavy atom. The van der Waals surface area contributed by atoms with Crippen LogP contribution in [0.15, 0.2) is 109 Å². The van der Waals surface area contributed by atoms with E-state index in [2.05, 4.69) is 0 Å². The summed E-state index contributed by atoms with van der Waals surface area (Å²) < 4.78 is 0. The zero-order valence-electron chi connectivity index (χ0n) is 26.9. The predicted octanol–water partition coefficient (Wildman–Crippen LogP) is 4.40. The third-order valence-corrected chi connectivity index (χ3v) is 11.4. The first-order valence-electron chi connectivity index (χ1n) is 16.6. The Labute approximate surface area is 293 Å². The van der Waals surface area contributed by atoms with Crippen molar-refractivity contribution in [3.8, 4) is 5.75 Å². The SMILES string of the molecule is Cc1cccc([C@H]2C3=CC[C@@H]4C(=O)N(c5cccc(B(O)O)c5)C(=O)[C@@H]4[C@@H]3C[C@H]3C(=O)N(c4cccc(Cl)c4)C(=O)[C@@]23c2ccccc2)c1O. The molecule has 0 aromatic heterocycles. The van der Waals surface area contributed by atoms with Gasteiger partial charge in [-0.1, -0.05) is 90.0 Å². The van der Waals surface area contributed by atoms with Crippen LogP contribution in [0.3, 0.4) is 0 Å². The molecule has 50 heavy (non-hydrogen) atoms. The highest BCUT2D eigenvalue weighted by molar-refractivity contribution is 6.58. The second kappa shape index (κ2) is 11.8. The Bertz CT molecular complexity index is 2140. The molecule has 1 saturated carbocycles. The number of aromatic hydroxyl groups is 1. The van der Waals surface area contributed by atoms with E-state index in [0.29, 0.717) is 27.4 Å². The summed E-state index contributed by atoms with van der Waals surface area (Å²) in [5, 5.41) is 31.7. The van der Waals surface area contributed by atoms with Crippen molar-refractivity contribution in [3.05, 3.63) is 130 Å². The standard InChI is InChI=1S/C39H32BClN2O7/c1-21-8-5-15-29(34(21)44)33-27-16-17-28-32(37(47)42(35(28)45)25-13-6-11-23(18-25)40(49)50)30(27)20-31-36(46)43(26-14-7-12-24(41)19-26)38(48)39(31,33)22-9-3-2-4-10-22/h2-16,18-19,28,30-33,44,49-50H,17,20H2,1H3/t28-,30+,31-,32-,33+,39+/m0/s1. The molecule has 0 spiro atoms. The zero-order chi connectivity index (χ0) is 35.1. The van der Waals surface area contributed by atoms with E-state index < -0.39 is 65.8 Å². The largest absolute Gasteiger partial charge is 0.507 e. The molecule has 0 unspecified atom stereocenters. The highest BCUT2D eigenvalue weighted by atomic mass is 35.5. The molecule has 9 nitrogen and oxygen atoms in total. The van der Waals surface area contributed by atoms with Gasteiger partial charge < -0.3 is 15.2 Å². The van der Waals surface area contributed by atoms with Crippen LogP contribution in [0, 0.1) is 30.6 Å². The van der Waals surface area contributed by atoms with Gasteiger partial charge in [0.2, 0.25) is 23.6 Å². The summed E-state index contributed by atoms with van der Waals surface area (Å²) in [4.78, 5) is 60.9. The van der Waals surface area contributed by atoms with Gasteiger partial charge in [0.1, 0.15) is 5.75 Å². The maximum Gasteiger partial charge on any atom is 0.488 e. The number of imide groups is 2. The number of benzene rings is 4. The predicted molar refractivity (Wildman–Crippen MR) is 188 cm³/mol. The van der Waals surface area contributed by atoms with E-state index in [1.165, 1.54) is 17.0 Å². The normalized spacial score (nSPS) is 27.2. The van der Waals surface area contributed by atoms with Gasteiger partial charge in [0.25, 0.3) is 0 Å². The van der Waals surface area contributed by atoms with E-state index >= 15 is 4.79 Å². The van der Waals surface area contributed by atoms with Gasteiger partial charge in [-0.15, -0.1) is 0 Å². The number of hydrogen-bond acceptors (Lipinski definition) is 7. The molecule has 4 amide bonds. The molecule has 6 atom stereocenters. The van der Waals surface area contributed by atoms with Gasteiger partial charge in [0.05, 0.1) is 34.5 Å². The van der Waals surface area contributed by atoms with Gasteiger partial charge in [-0.05, 0) is 72.6 Å². The average molecular weight is 687 g/mol. The van der Waals surface area contributed by atoms with E-state index in [1.807, 2.05) is 36.4 Å². The van der Waals surface area contributed by atoms with Crippen LogP contribution in [0.2, 0.25) is 5.02 Å². The van der Waals surface area contributed by atoms with E-state index in [1.54, 1.807) is 61.5 Å². The molecule has 2 saturated heterocycles. The number of phenols is 1. The molecule has 2 aliphatic carbocycles. The molecule has 4 aromatic carbocycles. The van der Waals surface area contributed by atoms with E-state index in [9.17, 15) is 29.5 Å². The fourth-order valence-electron chi connectivity index (χ4n) is 9.08. The second-order valence-electron chi connectivity index (χ2n) is 13.6. The van der Waals surface area contributed by atoms with Crippen LogP contribution in [0.1, 0.15) is 35.4 Å². The van der Waals surface area contributed by atoms with E-state index in [-0.39, 0.29) is 29.7 Å². The van der Waals surface area contributed by atoms with Crippen LogP contribution in [0.25, 0.3) is 0 Å². The minimum atomic E-state index is -1.79. The fraction of sp³-hybridized carbons (Fsp3) is 0.231. The smallest absolute Gasteiger partial charge is 0.488 e. The van der Waals surface area contributed by atoms with Gasteiger partial charge in [0, 0.05) is 16.5 Å². The summed E-state index contributed by atoms with van der Waals surface area (Å²) >= 11 is 6.37. The van der Waals surface area contributed by atoms with Gasteiger partial charge in [-0.3, -0.25) is 24.1 Å². The average Bonchev–Trinajstić information content (AvgIpc) is 3.50. The van der Waals surface area contributed by atoms with Gasteiger partial charge in [-0.2, -0.15) is 0 Å². The number of halogens is 1. The van der Waals surface area contributed by atoms with Crippen molar-refractivity contribution >= 4 is 59.2 Å². The molecule has 0 radical (unpaired) electrons. The number of nitrogens with zero attached hydrogens (tertiary/aromatic N) is 2. The van der Waals surface area contributed by atoms with E-state index in [0.717, 1.165) is 10.5 Å². The lowest BCUT2D eigenvalue weighted by Crippen LogP contribution is -2.53. The second-order valence-corrected chi connectivity index (χ2v) is 14.0. The lowest BCUT2D eigenvalue weighted by molar-refractivity contribution is -0.127. The van der Waals surface area contributed by atoms with Gasteiger partial charge in [0.15, 0.2) is 0 Å². The Kier molecular flexibility index (Phi) is 7.60. The molecule has 4 aliphatic rings. The molecule has 3 N–H and O–H groups in total. The molecule has 0 bridgehead atoms. The third kappa shape index (κ3) is 4.48. The first-order valence-corrected chi connectivity index (χ1v) is 16.9. The quantitative estimate of drug-likeness (QED) is 0.161. The first-order chi connectivity index (χ1) is 24.0. The number of phenolic OH excluding ortho intramolecular Hbond substituents is 1. The Balaban J connectivity index is 1.35. The van der Waals surface area contributed by atoms with Crippen molar-refractivity contribution in [1.29, 1.82) is 0 Å². The summed E-state index contributed by atoms with van der Waals surface area (Å²) in [5.74, 6) is -5.81. The number of carbonyl (C=O) groups is 4. The minimum Gasteiger partial charge on any atom is -0.507 e. The van der Waals surface area contributed by atoms with Crippen molar-refractivity contribution in [1.82, 2.24) is 0 Å². The number of aryl methyl sites for hydroxylation is 1. The van der Waals surface area contributed by atoms with Crippen molar-refractivity contribution < 1.29 is 34.3 Å². The Morgan fingerprint density at radius 3 is 2.20 bits per heavy atom. The summed E-state index contributed by atoms with van der Waals surface area (Å²) in [7, 11) is -1.79. The van der Waals surface area contributed by atoms with Crippen LogP contribution in [0.4, 0.5) is 11.4 Å². The number of fused-ring (bicyclic) bond motifs is 4. The molecule has 250 valence electrons. The number of amides is 4. The number of para-hydroxylation sites is 1. The Hall–Kier alpha value is -5.03. The van der Waals surface area contributed by atoms with Gasteiger partial charge >= 0.3 is 7.12 Å². The molecule has 2 aliphatic heterocycles. The molecule has 4 aromatic rings. The number of rotatable bonds is 5. The number of anilines is 2. The molecule has 8 rings (SSSR count). The molecular formula is C39H32BClN2O7. The summed E-state index contributed by atoms with van der Waals surface area (Å²) in [6.45, 7) is 1.77. The highest BCUT2D eigenvalue weighted by Gasteiger charge is 2.70. The summed E-state index contributed by atoms with van der Waals surface area (Å²) in [6.07, 6.45) is 2.25. The highest BCUT2D eigenvalue weighted by Crippen LogP contribution is 2.65. The van der Waals surface area contributed by atoms with Crippen LogP contribution in [-0.4, -0.2) is 45.9 Å². The van der Waals surface area contributed by atoms with Crippen LogP contribution < -0.4 is 15.3 Å². The summed E-state index contributed by atoms with van der Waals surface area (Å²) in [5.41, 5.74) is 1.56. The van der Waals surface area contributed by atoms with E-state index in [4.69, 9.17) is 11.6 Å². The lowest BCUT2D eigenvalue weighted by Gasteiger charge is -2.50. The minimum absolute atomic E-state index is 0.00786. The zero-order valence-corrected chi connectivity index (χ0v) is 27.7. The van der Waals surface area contributed by atoms with Crippen molar-refractivity contribution in [3.63, 3.8) is 0 Å². The Morgan fingerprint density at radius 1 is 0.780 bits per heavy atom. The third-order valence-electron chi connectivity index (χ3n) is 11.2. The number of allylic oxidation sites excluding steroid dienone is 2. The van der Waals surface area contributed by atoms with Crippen molar-refractivity contribution in [2.45, 2.75) is 31.1 Å². The molecular weight excluding hydrogens is 655 g/mol. The lowest BCUT2D eigenvalue weighted by atomic mass is 9.49. The fourth-order valence-corrected chi connectivity index (χ4v) is 9.27. The molecule has 3 fully saturated rings. The monoisotopic (exact) mass is 686 g/mol. The van der Waals surface area contributed by atoms with Crippen LogP contribution in [-0.2, 0) is 24.6 Å². The van der Waals surface area contributed by atoms with Gasteiger partial charge in [-0.25, -0.2) is 4.90 Å². The maximum absolute atomic E-state index is 15.3. The van der Waals surface area contributed by atoms with Crippen molar-refractivity contribution in [2.75, 3.05) is 9.80 Å².